The van der Waals surface area contributed by atoms with E-state index in [9.17, 15) is 0 Å². The normalized spacial score (nSPS) is 37.1. The minimum Gasteiger partial charge on any atom is -0.381 e. The predicted molar refractivity (Wildman–Crippen MR) is 61.3 cm³/mol. The van der Waals surface area contributed by atoms with E-state index in [4.69, 9.17) is 16.2 Å². The van der Waals surface area contributed by atoms with Gasteiger partial charge in [-0.05, 0) is 25.2 Å². The van der Waals surface area contributed by atoms with Crippen molar-refractivity contribution in [3.8, 4) is 0 Å². The summed E-state index contributed by atoms with van der Waals surface area (Å²) in [5.41, 5.74) is 12.0. The fraction of sp³-hybridized carbons (Fsp3) is 0.667. The molecule has 0 aromatic rings. The molecule has 0 amide bonds. The van der Waals surface area contributed by atoms with Gasteiger partial charge in [0.05, 0.1) is 5.54 Å². The molecule has 2 atom stereocenters. The number of hydrogen-bond donors (Lipinski definition) is 2. The zero-order chi connectivity index (χ0) is 10.7. The van der Waals surface area contributed by atoms with Gasteiger partial charge in [0.2, 0.25) is 0 Å². The Bertz CT molecular complexity index is 269. The maximum Gasteiger partial charge on any atom is 0.0535 e. The van der Waals surface area contributed by atoms with Crippen LogP contribution in [0.1, 0.15) is 19.3 Å². The van der Waals surface area contributed by atoms with Crippen LogP contribution in [-0.2, 0) is 4.74 Å². The fourth-order valence-corrected chi connectivity index (χ4v) is 2.36. The zero-order valence-electron chi connectivity index (χ0n) is 9.06. The molecule has 0 spiro atoms. The average Bonchev–Trinajstić information content (AvgIpc) is 2.24. The van der Waals surface area contributed by atoms with Gasteiger partial charge in [-0.1, -0.05) is 24.3 Å². The highest BCUT2D eigenvalue weighted by Crippen LogP contribution is 2.28. The third-order valence-electron chi connectivity index (χ3n) is 3.44. The molecule has 1 aliphatic carbocycles. The molecule has 4 N–H and O–H groups in total. The van der Waals surface area contributed by atoms with Crippen LogP contribution in [0, 0.1) is 5.92 Å². The summed E-state index contributed by atoms with van der Waals surface area (Å²) < 4.78 is 5.34. The molecule has 3 nitrogen and oxygen atoms in total. The first-order valence-corrected chi connectivity index (χ1v) is 5.69. The average molecular weight is 208 g/mol. The lowest BCUT2D eigenvalue weighted by molar-refractivity contribution is 0.0581. The molecule has 1 fully saturated rings. The van der Waals surface area contributed by atoms with Gasteiger partial charge in [0.25, 0.3) is 0 Å². The molecule has 0 aromatic heterocycles. The van der Waals surface area contributed by atoms with Crippen molar-refractivity contribution < 1.29 is 4.74 Å². The van der Waals surface area contributed by atoms with Crippen LogP contribution < -0.4 is 11.5 Å². The van der Waals surface area contributed by atoms with E-state index < -0.39 is 0 Å². The van der Waals surface area contributed by atoms with Crippen molar-refractivity contribution in [3.63, 3.8) is 0 Å². The second-order valence-corrected chi connectivity index (χ2v) is 4.64. The summed E-state index contributed by atoms with van der Waals surface area (Å²) in [6.45, 7) is 1.74. The molecule has 2 aliphatic rings. The van der Waals surface area contributed by atoms with E-state index in [1.165, 1.54) is 0 Å². The Balaban J connectivity index is 1.97. The molecule has 0 aromatic carbocycles. The Morgan fingerprint density at radius 1 is 1.27 bits per heavy atom. The summed E-state index contributed by atoms with van der Waals surface area (Å²) in [5, 5.41) is 0. The van der Waals surface area contributed by atoms with Crippen molar-refractivity contribution in [2.75, 3.05) is 13.2 Å². The van der Waals surface area contributed by atoms with Crippen molar-refractivity contribution in [2.24, 2.45) is 17.4 Å². The van der Waals surface area contributed by atoms with E-state index in [0.29, 0.717) is 5.92 Å². The van der Waals surface area contributed by atoms with E-state index in [2.05, 4.69) is 0 Å². The maximum atomic E-state index is 6.33. The van der Waals surface area contributed by atoms with Crippen molar-refractivity contribution in [2.45, 2.75) is 30.8 Å². The quantitative estimate of drug-likeness (QED) is 0.710. The van der Waals surface area contributed by atoms with Gasteiger partial charge in [0.1, 0.15) is 0 Å². The number of nitrogens with two attached hydrogens (primary N) is 2. The van der Waals surface area contributed by atoms with E-state index in [1.54, 1.807) is 0 Å². The maximum absolute atomic E-state index is 6.33. The van der Waals surface area contributed by atoms with Crippen LogP contribution in [0.3, 0.4) is 0 Å². The Morgan fingerprint density at radius 2 is 2.00 bits per heavy atom. The lowest BCUT2D eigenvalue weighted by Crippen LogP contribution is -2.55. The molecule has 1 saturated heterocycles. The first-order valence-electron chi connectivity index (χ1n) is 5.69. The number of hydrogen-bond acceptors (Lipinski definition) is 3. The fourth-order valence-electron chi connectivity index (χ4n) is 2.36. The number of allylic oxidation sites excluding steroid dienone is 2. The summed E-state index contributed by atoms with van der Waals surface area (Å²) in [6, 6.07) is -0.0506. The monoisotopic (exact) mass is 208 g/mol. The molecular formula is C12H20N2O. The highest BCUT2D eigenvalue weighted by atomic mass is 16.5. The Hall–Kier alpha value is -0.640. The van der Waals surface area contributed by atoms with Crippen LogP contribution in [0.5, 0.6) is 0 Å². The number of ether oxygens (including phenoxy) is 1. The first-order chi connectivity index (χ1) is 7.21. The molecule has 0 bridgehead atoms. The minimum atomic E-state index is -0.350. The Kier molecular flexibility index (Phi) is 3.24. The van der Waals surface area contributed by atoms with Crippen LogP contribution in [-0.4, -0.2) is 24.8 Å². The molecule has 84 valence electrons. The standard InChI is InChI=1S/C12H20N2O/c13-11-3-1-2-6-12(11,14)9-10-4-7-15-8-5-10/h1-3,6,10-11H,4-5,7-9,13-14H2. The molecule has 3 heteroatoms. The summed E-state index contributed by atoms with van der Waals surface area (Å²) in [4.78, 5) is 0. The molecule has 2 unspecified atom stereocenters. The second-order valence-electron chi connectivity index (χ2n) is 4.64. The summed E-state index contributed by atoms with van der Waals surface area (Å²) in [7, 11) is 0. The van der Waals surface area contributed by atoms with Crippen LogP contribution in [0.15, 0.2) is 24.3 Å². The van der Waals surface area contributed by atoms with Gasteiger partial charge >= 0.3 is 0 Å². The van der Waals surface area contributed by atoms with Crippen molar-refractivity contribution in [1.82, 2.24) is 0 Å². The third-order valence-corrected chi connectivity index (χ3v) is 3.44. The van der Waals surface area contributed by atoms with E-state index >= 15 is 0 Å². The molecule has 1 aliphatic heterocycles. The first kappa shape index (κ1) is 10.9. The smallest absolute Gasteiger partial charge is 0.0535 e. The molecule has 0 radical (unpaired) electrons. The van der Waals surface area contributed by atoms with Crippen LogP contribution in [0.25, 0.3) is 0 Å². The largest absolute Gasteiger partial charge is 0.381 e. The highest BCUT2D eigenvalue weighted by Gasteiger charge is 2.32. The van der Waals surface area contributed by atoms with Crippen LogP contribution in [0.2, 0.25) is 0 Å². The van der Waals surface area contributed by atoms with Crippen LogP contribution in [0.4, 0.5) is 0 Å². The Labute approximate surface area is 91.2 Å². The van der Waals surface area contributed by atoms with Gasteiger partial charge in [-0.25, -0.2) is 0 Å². The molecule has 2 rings (SSSR count). The van der Waals surface area contributed by atoms with Gasteiger partial charge in [-0.15, -0.1) is 0 Å². The Morgan fingerprint density at radius 3 is 2.67 bits per heavy atom. The van der Waals surface area contributed by atoms with Crippen molar-refractivity contribution in [3.05, 3.63) is 24.3 Å². The lowest BCUT2D eigenvalue weighted by Gasteiger charge is -2.36. The molecule has 1 heterocycles. The second kappa shape index (κ2) is 4.47. The van der Waals surface area contributed by atoms with Gasteiger partial charge in [-0.2, -0.15) is 0 Å². The van der Waals surface area contributed by atoms with Gasteiger partial charge in [-0.3, -0.25) is 0 Å². The number of rotatable bonds is 2. The highest BCUT2D eigenvalue weighted by molar-refractivity contribution is 5.26. The summed E-state index contributed by atoms with van der Waals surface area (Å²) >= 11 is 0. The van der Waals surface area contributed by atoms with Gasteiger partial charge in [0.15, 0.2) is 0 Å². The molecular weight excluding hydrogens is 188 g/mol. The minimum absolute atomic E-state index is 0.0506. The van der Waals surface area contributed by atoms with Crippen LogP contribution >= 0.6 is 0 Å². The summed E-state index contributed by atoms with van der Waals surface area (Å²) in [5.74, 6) is 0.658. The summed E-state index contributed by atoms with van der Waals surface area (Å²) in [6.07, 6.45) is 11.2. The van der Waals surface area contributed by atoms with E-state index in [1.807, 2.05) is 24.3 Å². The predicted octanol–water partition coefficient (Wildman–Crippen LogP) is 0.954. The van der Waals surface area contributed by atoms with E-state index in [-0.39, 0.29) is 11.6 Å². The zero-order valence-corrected chi connectivity index (χ0v) is 9.06. The van der Waals surface area contributed by atoms with Crippen molar-refractivity contribution in [1.29, 1.82) is 0 Å². The molecule has 15 heavy (non-hydrogen) atoms. The lowest BCUT2D eigenvalue weighted by atomic mass is 9.78. The third kappa shape index (κ3) is 2.48. The molecule has 0 saturated carbocycles. The van der Waals surface area contributed by atoms with Gasteiger partial charge in [0, 0.05) is 19.3 Å². The van der Waals surface area contributed by atoms with Crippen molar-refractivity contribution >= 4 is 0 Å². The van der Waals surface area contributed by atoms with E-state index in [0.717, 1.165) is 32.5 Å². The SMILES string of the molecule is NC1C=CC=CC1(N)CC1CCOCC1. The topological polar surface area (TPSA) is 61.3 Å². The van der Waals surface area contributed by atoms with Gasteiger partial charge < -0.3 is 16.2 Å².